The minimum absolute atomic E-state index is 0.0648. The highest BCUT2D eigenvalue weighted by Gasteiger charge is 2.30. The molecule has 0 aliphatic rings. The van der Waals surface area contributed by atoms with E-state index in [2.05, 4.69) is 27.9 Å². The van der Waals surface area contributed by atoms with Gasteiger partial charge in [-0.25, -0.2) is 4.79 Å². The molecule has 2 rings (SSSR count). The largest absolute Gasteiger partial charge is 0.452 e. The molecule has 0 atom stereocenters. The van der Waals surface area contributed by atoms with E-state index < -0.39 is 30.2 Å². The minimum Gasteiger partial charge on any atom is -0.452 e. The van der Waals surface area contributed by atoms with Gasteiger partial charge in [-0.1, -0.05) is 6.07 Å². The summed E-state index contributed by atoms with van der Waals surface area (Å²) in [7, 11) is 0. The van der Waals surface area contributed by atoms with Gasteiger partial charge < -0.3 is 10.1 Å². The molecular weight excluding hydrogens is 438 g/mol. The number of benzene rings is 2. The van der Waals surface area contributed by atoms with Crippen LogP contribution in [0.15, 0.2) is 48.5 Å². The molecule has 4 nitrogen and oxygen atoms in total. The first-order valence-corrected chi connectivity index (χ1v) is 7.73. The van der Waals surface area contributed by atoms with E-state index in [1.807, 2.05) is 6.07 Å². The van der Waals surface area contributed by atoms with Gasteiger partial charge in [0.1, 0.15) is 0 Å². The number of halogens is 4. The molecule has 0 aliphatic carbocycles. The van der Waals surface area contributed by atoms with Crippen molar-refractivity contribution in [3.05, 3.63) is 63.2 Å². The van der Waals surface area contributed by atoms with Crippen LogP contribution in [0.5, 0.6) is 0 Å². The standard InChI is InChI=1S/C16H11F3INO3/c17-16(18,19)11-6-4-10(5-7-11)15(23)24-9-14(22)21-13-3-1-2-12(20)8-13/h1-8H,9H2,(H,21,22). The van der Waals surface area contributed by atoms with E-state index >= 15 is 0 Å². The molecule has 0 bridgehead atoms. The van der Waals surface area contributed by atoms with Crippen molar-refractivity contribution in [1.29, 1.82) is 0 Å². The lowest BCUT2D eigenvalue weighted by molar-refractivity contribution is -0.137. The van der Waals surface area contributed by atoms with Crippen LogP contribution < -0.4 is 5.32 Å². The number of amides is 1. The molecule has 126 valence electrons. The number of esters is 1. The normalized spacial score (nSPS) is 11.0. The number of hydrogen-bond donors (Lipinski definition) is 1. The van der Waals surface area contributed by atoms with Crippen molar-refractivity contribution in [1.82, 2.24) is 0 Å². The first-order valence-electron chi connectivity index (χ1n) is 6.65. The zero-order valence-corrected chi connectivity index (χ0v) is 14.2. The number of rotatable bonds is 4. The smallest absolute Gasteiger partial charge is 0.416 e. The summed E-state index contributed by atoms with van der Waals surface area (Å²) in [4.78, 5) is 23.4. The summed E-state index contributed by atoms with van der Waals surface area (Å²) in [5.74, 6) is -1.42. The molecule has 8 heteroatoms. The van der Waals surface area contributed by atoms with E-state index in [4.69, 9.17) is 4.74 Å². The van der Waals surface area contributed by atoms with Crippen LogP contribution in [0.4, 0.5) is 18.9 Å². The van der Waals surface area contributed by atoms with Crippen molar-refractivity contribution >= 4 is 40.2 Å². The van der Waals surface area contributed by atoms with Gasteiger partial charge in [0.25, 0.3) is 5.91 Å². The molecule has 0 spiro atoms. The summed E-state index contributed by atoms with van der Waals surface area (Å²) in [5.41, 5.74) is -0.377. The second kappa shape index (κ2) is 7.65. The number of ether oxygens (including phenoxy) is 1. The Morgan fingerprint density at radius 3 is 2.33 bits per heavy atom. The number of nitrogens with one attached hydrogen (secondary N) is 1. The van der Waals surface area contributed by atoms with E-state index in [-0.39, 0.29) is 5.56 Å². The quantitative estimate of drug-likeness (QED) is 0.565. The monoisotopic (exact) mass is 449 g/mol. The van der Waals surface area contributed by atoms with E-state index in [1.54, 1.807) is 18.2 Å². The first kappa shape index (κ1) is 18.2. The number of anilines is 1. The third-order valence-electron chi connectivity index (χ3n) is 2.89. The lowest BCUT2D eigenvalue weighted by atomic mass is 10.1. The Balaban J connectivity index is 1.89. The van der Waals surface area contributed by atoms with Gasteiger partial charge in [0, 0.05) is 9.26 Å². The zero-order chi connectivity index (χ0) is 17.7. The van der Waals surface area contributed by atoms with Gasteiger partial charge in [0.15, 0.2) is 6.61 Å². The molecule has 0 aromatic heterocycles. The predicted molar refractivity (Wildman–Crippen MR) is 89.5 cm³/mol. The van der Waals surface area contributed by atoms with Crippen LogP contribution in [-0.4, -0.2) is 18.5 Å². The van der Waals surface area contributed by atoms with Crippen molar-refractivity contribution in [2.45, 2.75) is 6.18 Å². The van der Waals surface area contributed by atoms with Crippen molar-refractivity contribution in [2.75, 3.05) is 11.9 Å². The lowest BCUT2D eigenvalue weighted by Crippen LogP contribution is -2.21. The average Bonchev–Trinajstić information content (AvgIpc) is 2.52. The Hall–Kier alpha value is -2.10. The van der Waals surface area contributed by atoms with Crippen LogP contribution >= 0.6 is 22.6 Å². The third kappa shape index (κ3) is 5.22. The fourth-order valence-electron chi connectivity index (χ4n) is 1.77. The number of alkyl halides is 3. The lowest BCUT2D eigenvalue weighted by Gasteiger charge is -2.08. The SMILES string of the molecule is O=C(COC(=O)c1ccc(C(F)(F)F)cc1)Nc1cccc(I)c1. The minimum atomic E-state index is -4.48. The molecule has 0 saturated carbocycles. The van der Waals surface area contributed by atoms with Crippen molar-refractivity contribution < 1.29 is 27.5 Å². The van der Waals surface area contributed by atoms with Crippen molar-refractivity contribution in [2.24, 2.45) is 0 Å². The molecule has 0 radical (unpaired) electrons. The maximum atomic E-state index is 12.4. The second-order valence-electron chi connectivity index (χ2n) is 4.71. The summed E-state index contributed by atoms with van der Waals surface area (Å²) in [6, 6.07) is 10.6. The Morgan fingerprint density at radius 2 is 1.75 bits per heavy atom. The Morgan fingerprint density at radius 1 is 1.08 bits per heavy atom. The Kier molecular flexibility index (Phi) is 5.81. The molecule has 0 unspecified atom stereocenters. The van der Waals surface area contributed by atoms with E-state index in [9.17, 15) is 22.8 Å². The predicted octanol–water partition coefficient (Wildman–Crippen LogP) is 4.11. The summed E-state index contributed by atoms with van der Waals surface area (Å²) in [5, 5.41) is 2.55. The molecular formula is C16H11F3INO3. The van der Waals surface area contributed by atoms with Gasteiger partial charge in [0.05, 0.1) is 11.1 Å². The number of carbonyl (C=O) groups is 2. The van der Waals surface area contributed by atoms with Gasteiger partial charge in [-0.05, 0) is 65.1 Å². The third-order valence-corrected chi connectivity index (χ3v) is 3.56. The highest BCUT2D eigenvalue weighted by atomic mass is 127. The maximum absolute atomic E-state index is 12.4. The Labute approximate surface area is 149 Å². The van der Waals surface area contributed by atoms with E-state index in [0.29, 0.717) is 5.69 Å². The van der Waals surface area contributed by atoms with Crippen LogP contribution in [0.1, 0.15) is 15.9 Å². The summed E-state index contributed by atoms with van der Waals surface area (Å²) < 4.78 is 43.0. The molecule has 0 saturated heterocycles. The molecule has 0 heterocycles. The summed E-state index contributed by atoms with van der Waals surface area (Å²) in [6.07, 6.45) is -4.48. The highest BCUT2D eigenvalue weighted by Crippen LogP contribution is 2.29. The van der Waals surface area contributed by atoms with Crippen LogP contribution in [0, 0.1) is 3.57 Å². The number of carbonyl (C=O) groups excluding carboxylic acids is 2. The molecule has 0 fully saturated rings. The fraction of sp³-hybridized carbons (Fsp3) is 0.125. The summed E-state index contributed by atoms with van der Waals surface area (Å²) >= 11 is 2.08. The van der Waals surface area contributed by atoms with Gasteiger partial charge in [-0.15, -0.1) is 0 Å². The van der Waals surface area contributed by atoms with E-state index in [0.717, 1.165) is 27.8 Å². The first-order chi connectivity index (χ1) is 11.3. The second-order valence-corrected chi connectivity index (χ2v) is 5.96. The van der Waals surface area contributed by atoms with Crippen molar-refractivity contribution in [3.8, 4) is 0 Å². The molecule has 1 amide bonds. The molecule has 2 aromatic rings. The van der Waals surface area contributed by atoms with Gasteiger partial charge >= 0.3 is 12.1 Å². The molecule has 0 aliphatic heterocycles. The highest BCUT2D eigenvalue weighted by molar-refractivity contribution is 14.1. The molecule has 2 aromatic carbocycles. The number of hydrogen-bond acceptors (Lipinski definition) is 3. The molecule has 1 N–H and O–H groups in total. The van der Waals surface area contributed by atoms with Crippen LogP contribution in [0.2, 0.25) is 0 Å². The molecule has 24 heavy (non-hydrogen) atoms. The van der Waals surface area contributed by atoms with Gasteiger partial charge in [0.2, 0.25) is 0 Å². The van der Waals surface area contributed by atoms with Crippen molar-refractivity contribution in [3.63, 3.8) is 0 Å². The van der Waals surface area contributed by atoms with Crippen LogP contribution in [0.25, 0.3) is 0 Å². The average molecular weight is 449 g/mol. The topological polar surface area (TPSA) is 55.4 Å². The zero-order valence-electron chi connectivity index (χ0n) is 12.1. The van der Waals surface area contributed by atoms with Gasteiger partial charge in [-0.2, -0.15) is 13.2 Å². The summed E-state index contributed by atoms with van der Waals surface area (Å²) in [6.45, 7) is -0.536. The Bertz CT molecular complexity index is 745. The fourth-order valence-corrected chi connectivity index (χ4v) is 2.32. The maximum Gasteiger partial charge on any atom is 0.416 e. The van der Waals surface area contributed by atoms with Crippen LogP contribution in [-0.2, 0) is 15.7 Å². The van der Waals surface area contributed by atoms with Gasteiger partial charge in [-0.3, -0.25) is 4.79 Å². The van der Waals surface area contributed by atoms with E-state index in [1.165, 1.54) is 0 Å². The van der Waals surface area contributed by atoms with Crippen LogP contribution in [0.3, 0.4) is 0 Å².